The molecule has 1 rings (SSSR count). The molecule has 0 spiro atoms. The van der Waals surface area contributed by atoms with Gasteiger partial charge in [0.1, 0.15) is 12.2 Å². The third-order valence-corrected chi connectivity index (χ3v) is 2.68. The van der Waals surface area contributed by atoms with Crippen LogP contribution in [0.15, 0.2) is 0 Å². The van der Waals surface area contributed by atoms with E-state index in [4.69, 9.17) is 14.2 Å². The molecule has 5 nitrogen and oxygen atoms in total. The summed E-state index contributed by atoms with van der Waals surface area (Å²) in [6, 6.07) is 0. The van der Waals surface area contributed by atoms with E-state index in [1.54, 1.807) is 6.92 Å². The first-order chi connectivity index (χ1) is 8.61. The van der Waals surface area contributed by atoms with Gasteiger partial charge in [-0.15, -0.1) is 0 Å². The van der Waals surface area contributed by atoms with Crippen LogP contribution < -0.4 is 0 Å². The number of esters is 1. The van der Waals surface area contributed by atoms with E-state index in [0.29, 0.717) is 13.2 Å². The summed E-state index contributed by atoms with van der Waals surface area (Å²) in [5.74, 6) is -0.625. The van der Waals surface area contributed by atoms with E-state index >= 15 is 0 Å². The molecular formula is C13H22O5. The Morgan fingerprint density at radius 3 is 2.78 bits per heavy atom. The highest BCUT2D eigenvalue weighted by Crippen LogP contribution is 2.16. The van der Waals surface area contributed by atoms with Crippen molar-refractivity contribution in [2.45, 2.75) is 58.3 Å². The molecule has 2 unspecified atom stereocenters. The lowest BCUT2D eigenvalue weighted by Crippen LogP contribution is -2.28. The molecule has 0 radical (unpaired) electrons. The lowest BCUT2D eigenvalue weighted by atomic mass is 10.1. The zero-order valence-corrected chi connectivity index (χ0v) is 11.1. The van der Waals surface area contributed by atoms with E-state index in [2.05, 4.69) is 0 Å². The van der Waals surface area contributed by atoms with Crippen LogP contribution in [0.1, 0.15) is 46.0 Å². The molecule has 2 atom stereocenters. The van der Waals surface area contributed by atoms with Crippen molar-refractivity contribution < 1.29 is 23.8 Å². The minimum absolute atomic E-state index is 0.156. The van der Waals surface area contributed by atoms with Crippen LogP contribution in [0.25, 0.3) is 0 Å². The van der Waals surface area contributed by atoms with Crippen LogP contribution in [-0.2, 0) is 23.8 Å². The maximum atomic E-state index is 11.6. The third kappa shape index (κ3) is 6.12. The number of Topliss-reactive ketones (excluding diaryl/α,β-unsaturated/α-hetero) is 1. The van der Waals surface area contributed by atoms with Gasteiger partial charge in [-0.1, -0.05) is 0 Å². The van der Waals surface area contributed by atoms with Crippen LogP contribution >= 0.6 is 0 Å². The minimum Gasteiger partial charge on any atom is -0.466 e. The summed E-state index contributed by atoms with van der Waals surface area (Å²) in [6.07, 6.45) is 2.64. The van der Waals surface area contributed by atoms with Gasteiger partial charge in [0.25, 0.3) is 0 Å². The van der Waals surface area contributed by atoms with Crippen LogP contribution in [0.5, 0.6) is 0 Å². The molecule has 0 aromatic carbocycles. The molecule has 1 aliphatic rings. The van der Waals surface area contributed by atoms with E-state index in [1.807, 2.05) is 6.92 Å². The Balaban J connectivity index is 2.19. The first kappa shape index (κ1) is 15.1. The predicted octanol–water partition coefficient (Wildman–Crippen LogP) is 1.83. The Morgan fingerprint density at radius 2 is 2.17 bits per heavy atom. The van der Waals surface area contributed by atoms with Crippen LogP contribution in [-0.4, -0.2) is 37.4 Å². The summed E-state index contributed by atoms with van der Waals surface area (Å²) >= 11 is 0. The van der Waals surface area contributed by atoms with E-state index in [-0.39, 0.29) is 31.0 Å². The Kier molecular flexibility index (Phi) is 6.90. The number of ketones is 1. The van der Waals surface area contributed by atoms with Crippen molar-refractivity contribution in [1.82, 2.24) is 0 Å². The largest absolute Gasteiger partial charge is 0.466 e. The van der Waals surface area contributed by atoms with Crippen LogP contribution in [0, 0.1) is 0 Å². The van der Waals surface area contributed by atoms with Crippen molar-refractivity contribution in [3.05, 3.63) is 0 Å². The van der Waals surface area contributed by atoms with Crippen LogP contribution in [0.2, 0.25) is 0 Å². The van der Waals surface area contributed by atoms with Gasteiger partial charge in [0.05, 0.1) is 12.7 Å². The quantitative estimate of drug-likeness (QED) is 0.515. The lowest BCUT2D eigenvalue weighted by molar-refractivity contribution is -0.186. The summed E-state index contributed by atoms with van der Waals surface area (Å²) in [5, 5.41) is 0. The summed E-state index contributed by atoms with van der Waals surface area (Å²) in [6.45, 7) is 4.55. The van der Waals surface area contributed by atoms with Gasteiger partial charge in [0, 0.05) is 13.0 Å². The molecule has 0 aliphatic carbocycles. The normalized spacial score (nSPS) is 21.3. The Hall–Kier alpha value is -0.940. The van der Waals surface area contributed by atoms with Crippen molar-refractivity contribution in [1.29, 1.82) is 0 Å². The molecule has 1 fully saturated rings. The first-order valence-electron chi connectivity index (χ1n) is 6.56. The highest BCUT2D eigenvalue weighted by Gasteiger charge is 2.20. The van der Waals surface area contributed by atoms with Gasteiger partial charge in [-0.25, -0.2) is 0 Å². The van der Waals surface area contributed by atoms with Gasteiger partial charge < -0.3 is 14.2 Å². The molecule has 0 amide bonds. The molecule has 0 N–H and O–H groups in total. The molecule has 0 bridgehead atoms. The third-order valence-electron chi connectivity index (χ3n) is 2.68. The minimum atomic E-state index is -0.469. The van der Waals surface area contributed by atoms with E-state index in [0.717, 1.165) is 19.3 Å². The molecule has 0 aromatic heterocycles. The number of hydrogen-bond donors (Lipinski definition) is 0. The number of hydrogen-bond acceptors (Lipinski definition) is 5. The Morgan fingerprint density at radius 1 is 1.39 bits per heavy atom. The smallest absolute Gasteiger partial charge is 0.313 e. The number of ether oxygens (including phenoxy) is 3. The van der Waals surface area contributed by atoms with Crippen molar-refractivity contribution in [2.75, 3.05) is 13.2 Å². The average molecular weight is 258 g/mol. The predicted molar refractivity (Wildman–Crippen MR) is 65.0 cm³/mol. The summed E-state index contributed by atoms with van der Waals surface area (Å²) in [7, 11) is 0. The molecule has 18 heavy (non-hydrogen) atoms. The van der Waals surface area contributed by atoms with Gasteiger partial charge in [0.2, 0.25) is 0 Å². The molecule has 0 aromatic rings. The van der Waals surface area contributed by atoms with Gasteiger partial charge in [-0.3, -0.25) is 9.59 Å². The fourth-order valence-electron chi connectivity index (χ4n) is 1.89. The fourth-order valence-corrected chi connectivity index (χ4v) is 1.89. The highest BCUT2D eigenvalue weighted by atomic mass is 16.7. The number of rotatable bonds is 7. The zero-order chi connectivity index (χ0) is 13.4. The van der Waals surface area contributed by atoms with Gasteiger partial charge in [0.15, 0.2) is 6.29 Å². The molecule has 0 saturated carbocycles. The Bertz CT molecular complexity index is 271. The van der Waals surface area contributed by atoms with Crippen LogP contribution in [0.4, 0.5) is 0 Å². The van der Waals surface area contributed by atoms with Gasteiger partial charge in [-0.2, -0.15) is 0 Å². The van der Waals surface area contributed by atoms with Gasteiger partial charge >= 0.3 is 5.97 Å². The zero-order valence-electron chi connectivity index (χ0n) is 11.1. The monoisotopic (exact) mass is 258 g/mol. The molecule has 104 valence electrons. The van der Waals surface area contributed by atoms with Crippen molar-refractivity contribution >= 4 is 11.8 Å². The summed E-state index contributed by atoms with van der Waals surface area (Å²) in [5.41, 5.74) is 0. The summed E-state index contributed by atoms with van der Waals surface area (Å²) in [4.78, 5) is 22.7. The number of carbonyl (C=O) groups is 2. The van der Waals surface area contributed by atoms with Crippen molar-refractivity contribution in [3.8, 4) is 0 Å². The topological polar surface area (TPSA) is 61.8 Å². The maximum Gasteiger partial charge on any atom is 0.313 e. The summed E-state index contributed by atoms with van der Waals surface area (Å²) < 4.78 is 15.8. The van der Waals surface area contributed by atoms with Crippen molar-refractivity contribution in [3.63, 3.8) is 0 Å². The second-order valence-corrected chi connectivity index (χ2v) is 4.47. The molecule has 1 heterocycles. The second kappa shape index (κ2) is 8.21. The first-order valence-corrected chi connectivity index (χ1v) is 6.56. The van der Waals surface area contributed by atoms with Gasteiger partial charge in [-0.05, 0) is 33.1 Å². The van der Waals surface area contributed by atoms with E-state index in [9.17, 15) is 9.59 Å². The second-order valence-electron chi connectivity index (χ2n) is 4.47. The fraction of sp³-hybridized carbons (Fsp3) is 0.846. The molecule has 1 aliphatic heterocycles. The van der Waals surface area contributed by atoms with E-state index in [1.165, 1.54) is 0 Å². The highest BCUT2D eigenvalue weighted by molar-refractivity contribution is 5.95. The van der Waals surface area contributed by atoms with Crippen molar-refractivity contribution in [2.24, 2.45) is 0 Å². The maximum absolute atomic E-state index is 11.6. The number of carbonyl (C=O) groups excluding carboxylic acids is 2. The van der Waals surface area contributed by atoms with E-state index < -0.39 is 5.97 Å². The standard InChI is InChI=1S/C13H22O5/c1-3-16-12(15)9-11(14)8-10(2)18-13-6-4-5-7-17-13/h10,13H,3-9H2,1-2H3. The molecule has 5 heteroatoms. The average Bonchev–Trinajstić information content (AvgIpc) is 2.29. The SMILES string of the molecule is CCOC(=O)CC(=O)CC(C)OC1CCCCO1. The Labute approximate surface area is 108 Å². The lowest BCUT2D eigenvalue weighted by Gasteiger charge is -2.25. The molecule has 1 saturated heterocycles. The molecular weight excluding hydrogens is 236 g/mol. The van der Waals surface area contributed by atoms with Crippen LogP contribution in [0.3, 0.4) is 0 Å².